The van der Waals surface area contributed by atoms with Crippen LogP contribution in [0.25, 0.3) is 0 Å². The maximum Gasteiger partial charge on any atom is 0.0797 e. The Kier molecular flexibility index (Phi) is 3.29. The van der Waals surface area contributed by atoms with Crippen LogP contribution in [0.15, 0.2) is 12.2 Å². The Balaban J connectivity index is 2.57. The first-order valence-corrected chi connectivity index (χ1v) is 4.73. The van der Waals surface area contributed by atoms with Crippen LogP contribution in [0.1, 0.15) is 26.7 Å². The molecule has 2 N–H and O–H groups in total. The maximum absolute atomic E-state index is 10.2. The second kappa shape index (κ2) is 4.06. The van der Waals surface area contributed by atoms with E-state index in [1.165, 1.54) is 0 Å². The van der Waals surface area contributed by atoms with Gasteiger partial charge < -0.3 is 10.4 Å². The van der Waals surface area contributed by atoms with Crippen molar-refractivity contribution in [3.05, 3.63) is 12.2 Å². The maximum atomic E-state index is 10.2. The molecule has 0 bridgehead atoms. The number of rotatable bonds is 1. The predicted octanol–water partition coefficient (Wildman–Crippen LogP) is 1.31. The first-order chi connectivity index (χ1) is 5.65. The van der Waals surface area contributed by atoms with Gasteiger partial charge >= 0.3 is 0 Å². The van der Waals surface area contributed by atoms with E-state index in [1.807, 2.05) is 0 Å². The van der Waals surface area contributed by atoms with Gasteiger partial charge in [0.1, 0.15) is 0 Å². The van der Waals surface area contributed by atoms with Crippen molar-refractivity contribution < 1.29 is 5.11 Å². The van der Waals surface area contributed by atoms with E-state index in [0.717, 1.165) is 25.9 Å². The summed E-state index contributed by atoms with van der Waals surface area (Å²) in [7, 11) is 0. The van der Waals surface area contributed by atoms with E-state index in [0.29, 0.717) is 5.92 Å². The van der Waals surface area contributed by atoms with Gasteiger partial charge in [0.05, 0.1) is 5.60 Å². The van der Waals surface area contributed by atoms with Crippen LogP contribution < -0.4 is 5.32 Å². The van der Waals surface area contributed by atoms with E-state index < -0.39 is 5.60 Å². The summed E-state index contributed by atoms with van der Waals surface area (Å²) in [5, 5.41) is 13.4. The summed E-state index contributed by atoms with van der Waals surface area (Å²) >= 11 is 0. The number of allylic oxidation sites excluding steroid dienone is 1. The lowest BCUT2D eigenvalue weighted by Crippen LogP contribution is -2.45. The van der Waals surface area contributed by atoms with Crippen LogP contribution in [0.4, 0.5) is 0 Å². The highest BCUT2D eigenvalue weighted by atomic mass is 16.3. The minimum absolute atomic E-state index is 0.330. The third-order valence-corrected chi connectivity index (χ3v) is 2.68. The lowest BCUT2D eigenvalue weighted by Gasteiger charge is -2.33. The van der Waals surface area contributed by atoms with Gasteiger partial charge in [-0.25, -0.2) is 0 Å². The van der Waals surface area contributed by atoms with E-state index in [9.17, 15) is 5.11 Å². The second-order valence-corrected chi connectivity index (χ2v) is 3.90. The molecule has 0 aromatic carbocycles. The van der Waals surface area contributed by atoms with Gasteiger partial charge in [-0.15, -0.1) is 0 Å². The molecule has 0 radical (unpaired) electrons. The number of aliphatic hydroxyl groups is 1. The zero-order valence-corrected chi connectivity index (χ0v) is 8.01. The fourth-order valence-electron chi connectivity index (χ4n) is 1.49. The Morgan fingerprint density at radius 1 is 1.42 bits per heavy atom. The van der Waals surface area contributed by atoms with Crippen molar-refractivity contribution in [3.8, 4) is 0 Å². The van der Waals surface area contributed by atoms with Crippen molar-refractivity contribution in [2.45, 2.75) is 32.3 Å². The van der Waals surface area contributed by atoms with E-state index in [1.54, 1.807) is 0 Å². The molecule has 1 rings (SSSR count). The molecule has 0 amide bonds. The molecule has 0 saturated carbocycles. The van der Waals surface area contributed by atoms with Gasteiger partial charge in [-0.3, -0.25) is 0 Å². The van der Waals surface area contributed by atoms with E-state index in [4.69, 9.17) is 0 Å². The first-order valence-electron chi connectivity index (χ1n) is 4.73. The molecule has 70 valence electrons. The van der Waals surface area contributed by atoms with Gasteiger partial charge in [-0.2, -0.15) is 0 Å². The zero-order valence-electron chi connectivity index (χ0n) is 8.01. The molecule has 2 nitrogen and oxygen atoms in total. The lowest BCUT2D eigenvalue weighted by molar-refractivity contribution is -0.0111. The fraction of sp³-hybridized carbons (Fsp3) is 0.800. The molecule has 12 heavy (non-hydrogen) atoms. The standard InChI is InChI=1S/C10H19NO/c1-9(2)10(12)6-4-3-5-7-11-8-10/h3,5,9,11-12H,4,6-8H2,1-2H3/b5-3-. The van der Waals surface area contributed by atoms with Gasteiger partial charge in [0.15, 0.2) is 0 Å². The molecule has 0 aromatic heterocycles. The van der Waals surface area contributed by atoms with Crippen LogP contribution in [-0.2, 0) is 0 Å². The Morgan fingerprint density at radius 2 is 2.17 bits per heavy atom. The van der Waals surface area contributed by atoms with Crippen molar-refractivity contribution >= 4 is 0 Å². The molecule has 2 heteroatoms. The minimum atomic E-state index is -0.509. The number of nitrogens with one attached hydrogen (secondary N) is 1. The summed E-state index contributed by atoms with van der Waals surface area (Å²) in [6.45, 7) is 5.75. The van der Waals surface area contributed by atoms with Gasteiger partial charge in [0.2, 0.25) is 0 Å². The molecular weight excluding hydrogens is 150 g/mol. The van der Waals surface area contributed by atoms with Crippen LogP contribution in [0.3, 0.4) is 0 Å². The average molecular weight is 169 g/mol. The Morgan fingerprint density at radius 3 is 2.83 bits per heavy atom. The minimum Gasteiger partial charge on any atom is -0.388 e. The van der Waals surface area contributed by atoms with Crippen molar-refractivity contribution in [2.75, 3.05) is 13.1 Å². The topological polar surface area (TPSA) is 32.3 Å². The molecule has 0 aliphatic carbocycles. The molecule has 1 atom stereocenters. The smallest absolute Gasteiger partial charge is 0.0797 e. The third kappa shape index (κ3) is 2.32. The molecule has 1 heterocycles. The van der Waals surface area contributed by atoms with Crippen molar-refractivity contribution in [3.63, 3.8) is 0 Å². The first kappa shape index (κ1) is 9.75. The molecule has 0 aromatic rings. The second-order valence-electron chi connectivity index (χ2n) is 3.90. The predicted molar refractivity (Wildman–Crippen MR) is 51.0 cm³/mol. The summed E-state index contributed by atoms with van der Waals surface area (Å²) in [5.74, 6) is 0.330. The third-order valence-electron chi connectivity index (χ3n) is 2.68. The number of hydrogen-bond donors (Lipinski definition) is 2. The quantitative estimate of drug-likeness (QED) is 0.580. The van der Waals surface area contributed by atoms with Gasteiger partial charge in [0, 0.05) is 13.1 Å². The van der Waals surface area contributed by atoms with Gasteiger partial charge in [0.25, 0.3) is 0 Å². The summed E-state index contributed by atoms with van der Waals surface area (Å²) in [6.07, 6.45) is 6.13. The van der Waals surface area contributed by atoms with E-state index >= 15 is 0 Å². The molecular formula is C10H19NO. The van der Waals surface area contributed by atoms with Gasteiger partial charge in [-0.05, 0) is 18.8 Å². The van der Waals surface area contributed by atoms with E-state index in [2.05, 4.69) is 31.3 Å². The molecule has 0 fully saturated rings. The Bertz CT molecular complexity index is 165. The monoisotopic (exact) mass is 169 g/mol. The van der Waals surface area contributed by atoms with Crippen LogP contribution in [0, 0.1) is 5.92 Å². The SMILES string of the molecule is CC(C)C1(O)CC/C=C\CNC1. The van der Waals surface area contributed by atoms with Crippen molar-refractivity contribution in [1.29, 1.82) is 0 Å². The van der Waals surface area contributed by atoms with E-state index in [-0.39, 0.29) is 0 Å². The summed E-state index contributed by atoms with van der Waals surface area (Å²) in [6, 6.07) is 0. The highest BCUT2D eigenvalue weighted by Crippen LogP contribution is 2.23. The van der Waals surface area contributed by atoms with Gasteiger partial charge in [-0.1, -0.05) is 26.0 Å². The van der Waals surface area contributed by atoms with Crippen LogP contribution in [0.5, 0.6) is 0 Å². The average Bonchev–Trinajstić information content (AvgIpc) is 1.97. The number of hydrogen-bond acceptors (Lipinski definition) is 2. The van der Waals surface area contributed by atoms with Crippen molar-refractivity contribution in [1.82, 2.24) is 5.32 Å². The van der Waals surface area contributed by atoms with Crippen LogP contribution in [0.2, 0.25) is 0 Å². The highest BCUT2D eigenvalue weighted by Gasteiger charge is 2.29. The van der Waals surface area contributed by atoms with Crippen molar-refractivity contribution in [2.24, 2.45) is 5.92 Å². The molecule has 1 unspecified atom stereocenters. The fourth-order valence-corrected chi connectivity index (χ4v) is 1.49. The normalized spacial score (nSPS) is 34.3. The number of β-amino-alcohol motifs (C(OH)–C–C–N with tert-alkyl or cyclic N) is 1. The summed E-state index contributed by atoms with van der Waals surface area (Å²) in [5.41, 5.74) is -0.509. The summed E-state index contributed by atoms with van der Waals surface area (Å²) < 4.78 is 0. The largest absolute Gasteiger partial charge is 0.388 e. The Labute approximate surface area is 74.7 Å². The summed E-state index contributed by atoms with van der Waals surface area (Å²) in [4.78, 5) is 0. The molecule has 0 saturated heterocycles. The Hall–Kier alpha value is -0.340. The highest BCUT2D eigenvalue weighted by molar-refractivity contribution is 4.94. The molecule has 1 aliphatic heterocycles. The molecule has 0 spiro atoms. The lowest BCUT2D eigenvalue weighted by atomic mass is 9.85. The molecule has 1 aliphatic rings. The van der Waals surface area contributed by atoms with Crippen LogP contribution >= 0.6 is 0 Å². The van der Waals surface area contributed by atoms with Crippen LogP contribution in [-0.4, -0.2) is 23.8 Å². The zero-order chi connectivity index (χ0) is 9.03.